The summed E-state index contributed by atoms with van der Waals surface area (Å²) in [5.41, 5.74) is 4.50. The smallest absolute Gasteiger partial charge is 0.233 e. The Morgan fingerprint density at radius 1 is 1.53 bits per heavy atom. The van der Waals surface area contributed by atoms with E-state index in [-0.39, 0.29) is 17.8 Å². The Bertz CT molecular complexity index is 338. The van der Waals surface area contributed by atoms with Gasteiger partial charge in [-0.1, -0.05) is 5.16 Å². The van der Waals surface area contributed by atoms with Gasteiger partial charge in [0.1, 0.15) is 5.41 Å². The molecule has 19 heavy (non-hydrogen) atoms. The van der Waals surface area contributed by atoms with Crippen LogP contribution in [0.5, 0.6) is 0 Å². The van der Waals surface area contributed by atoms with Gasteiger partial charge in [-0.15, -0.1) is 0 Å². The monoisotopic (exact) mass is 272 g/mol. The fourth-order valence-corrected chi connectivity index (χ4v) is 1.86. The average molecular weight is 272 g/mol. The van der Waals surface area contributed by atoms with Crippen molar-refractivity contribution in [2.45, 2.75) is 26.8 Å². The van der Waals surface area contributed by atoms with Crippen LogP contribution >= 0.6 is 0 Å². The van der Waals surface area contributed by atoms with Gasteiger partial charge in [-0.05, 0) is 20.8 Å². The molecule has 7 nitrogen and oxygen atoms in total. The van der Waals surface area contributed by atoms with Crippen LogP contribution < -0.4 is 11.1 Å². The third kappa shape index (κ3) is 4.36. The molecule has 0 spiro atoms. The maximum Gasteiger partial charge on any atom is 0.233 e. The molecule has 0 aromatic carbocycles. The molecule has 0 saturated carbocycles. The average Bonchev–Trinajstić information content (AvgIpc) is 2.38. The molecule has 1 rings (SSSR count). The number of nitrogens with one attached hydrogen (secondary N) is 1. The third-order valence-corrected chi connectivity index (χ3v) is 3.33. The summed E-state index contributed by atoms with van der Waals surface area (Å²) in [5.74, 6) is -0.341. The van der Waals surface area contributed by atoms with E-state index >= 15 is 0 Å². The number of nitrogens with zero attached hydrogens (tertiary/aromatic N) is 2. The molecule has 4 N–H and O–H groups in total. The van der Waals surface area contributed by atoms with Crippen molar-refractivity contribution in [3.8, 4) is 0 Å². The van der Waals surface area contributed by atoms with Gasteiger partial charge in [0.25, 0.3) is 0 Å². The molecular formula is C12H24N4O3. The summed E-state index contributed by atoms with van der Waals surface area (Å²) in [6.07, 6.45) is 0. The van der Waals surface area contributed by atoms with Crippen LogP contribution in [0.4, 0.5) is 0 Å². The Hall–Kier alpha value is -1.34. The van der Waals surface area contributed by atoms with E-state index in [2.05, 4.69) is 15.4 Å². The van der Waals surface area contributed by atoms with Crippen molar-refractivity contribution in [1.29, 1.82) is 0 Å². The third-order valence-electron chi connectivity index (χ3n) is 3.33. The molecule has 110 valence electrons. The minimum Gasteiger partial charge on any atom is -0.409 e. The number of oxime groups is 1. The van der Waals surface area contributed by atoms with Crippen LogP contribution in [0.1, 0.15) is 20.8 Å². The lowest BCUT2D eigenvalue weighted by molar-refractivity contribution is -0.127. The summed E-state index contributed by atoms with van der Waals surface area (Å²) in [6, 6.07) is -0.00336. The summed E-state index contributed by atoms with van der Waals surface area (Å²) < 4.78 is 5.27. The van der Waals surface area contributed by atoms with Crippen molar-refractivity contribution >= 4 is 11.7 Å². The van der Waals surface area contributed by atoms with E-state index in [0.717, 1.165) is 32.8 Å². The number of morpholine rings is 1. The van der Waals surface area contributed by atoms with E-state index in [1.165, 1.54) is 0 Å². The lowest BCUT2D eigenvalue weighted by Gasteiger charge is -2.31. The Morgan fingerprint density at radius 3 is 2.63 bits per heavy atom. The number of hydrogen-bond acceptors (Lipinski definition) is 5. The van der Waals surface area contributed by atoms with Gasteiger partial charge in [0, 0.05) is 25.7 Å². The van der Waals surface area contributed by atoms with Gasteiger partial charge in [0.2, 0.25) is 5.91 Å². The van der Waals surface area contributed by atoms with Crippen molar-refractivity contribution in [1.82, 2.24) is 10.2 Å². The first-order valence-electron chi connectivity index (χ1n) is 6.47. The molecule has 1 atom stereocenters. The minimum atomic E-state index is -1.02. The highest BCUT2D eigenvalue weighted by Crippen LogP contribution is 2.15. The van der Waals surface area contributed by atoms with Crippen molar-refractivity contribution in [2.24, 2.45) is 16.3 Å². The fourth-order valence-electron chi connectivity index (χ4n) is 1.86. The summed E-state index contributed by atoms with van der Waals surface area (Å²) in [5, 5.41) is 14.5. The van der Waals surface area contributed by atoms with Crippen LogP contribution in [0.15, 0.2) is 5.16 Å². The van der Waals surface area contributed by atoms with E-state index in [4.69, 9.17) is 15.7 Å². The van der Waals surface area contributed by atoms with Gasteiger partial charge in [-0.25, -0.2) is 0 Å². The number of ether oxygens (including phenoxy) is 1. The molecule has 1 unspecified atom stereocenters. The zero-order valence-corrected chi connectivity index (χ0v) is 11.8. The molecule has 1 heterocycles. The normalized spacial score (nSPS) is 20.1. The molecule has 0 bridgehead atoms. The first-order chi connectivity index (χ1) is 8.87. The number of nitrogens with two attached hydrogens (primary N) is 1. The van der Waals surface area contributed by atoms with Crippen LogP contribution in [-0.4, -0.2) is 60.7 Å². The number of amides is 1. The predicted molar refractivity (Wildman–Crippen MR) is 72.1 cm³/mol. The molecular weight excluding hydrogens is 248 g/mol. The predicted octanol–water partition coefficient (Wildman–Crippen LogP) is -0.404. The van der Waals surface area contributed by atoms with E-state index in [1.54, 1.807) is 13.8 Å². The lowest BCUT2D eigenvalue weighted by Crippen LogP contribution is -2.52. The van der Waals surface area contributed by atoms with Crippen LogP contribution in [0.2, 0.25) is 0 Å². The molecule has 1 amide bonds. The largest absolute Gasteiger partial charge is 0.409 e. The van der Waals surface area contributed by atoms with E-state index in [9.17, 15) is 4.79 Å². The highest BCUT2D eigenvalue weighted by Gasteiger charge is 2.33. The van der Waals surface area contributed by atoms with Crippen LogP contribution in [0.25, 0.3) is 0 Å². The Labute approximate surface area is 113 Å². The van der Waals surface area contributed by atoms with Gasteiger partial charge in [-0.3, -0.25) is 9.69 Å². The highest BCUT2D eigenvalue weighted by atomic mass is 16.5. The highest BCUT2D eigenvalue weighted by molar-refractivity contribution is 6.05. The Kier molecular flexibility index (Phi) is 5.56. The van der Waals surface area contributed by atoms with Crippen LogP contribution in [0, 0.1) is 5.41 Å². The first-order valence-corrected chi connectivity index (χ1v) is 6.47. The van der Waals surface area contributed by atoms with Crippen LogP contribution in [-0.2, 0) is 9.53 Å². The first kappa shape index (κ1) is 15.7. The van der Waals surface area contributed by atoms with Crippen molar-refractivity contribution in [2.75, 3.05) is 32.8 Å². The fraction of sp³-hybridized carbons (Fsp3) is 0.833. The van der Waals surface area contributed by atoms with Gasteiger partial charge in [-0.2, -0.15) is 0 Å². The summed E-state index contributed by atoms with van der Waals surface area (Å²) in [4.78, 5) is 14.3. The number of amidine groups is 1. The molecule has 0 aromatic heterocycles. The maximum absolute atomic E-state index is 12.1. The number of rotatable bonds is 5. The van der Waals surface area contributed by atoms with Crippen molar-refractivity contribution < 1.29 is 14.7 Å². The van der Waals surface area contributed by atoms with Gasteiger partial charge in [0.15, 0.2) is 5.84 Å². The van der Waals surface area contributed by atoms with Gasteiger partial charge in [0.05, 0.1) is 13.2 Å². The van der Waals surface area contributed by atoms with Gasteiger partial charge >= 0.3 is 0 Å². The molecule has 0 aromatic rings. The molecule has 1 aliphatic rings. The molecule has 0 aliphatic carbocycles. The second-order valence-corrected chi connectivity index (χ2v) is 5.40. The number of hydrogen-bond donors (Lipinski definition) is 3. The SMILES string of the molecule is CC(CN1CCOCC1)NC(=O)C(C)(C)C(N)=NO. The minimum absolute atomic E-state index is 0.00336. The molecule has 0 radical (unpaired) electrons. The number of carbonyl (C=O) groups is 1. The lowest BCUT2D eigenvalue weighted by atomic mass is 9.90. The second-order valence-electron chi connectivity index (χ2n) is 5.40. The van der Waals surface area contributed by atoms with Crippen LogP contribution in [0.3, 0.4) is 0 Å². The molecule has 1 fully saturated rings. The van der Waals surface area contributed by atoms with Crippen molar-refractivity contribution in [3.63, 3.8) is 0 Å². The summed E-state index contributed by atoms with van der Waals surface area (Å²) in [7, 11) is 0. The second kappa shape index (κ2) is 6.72. The zero-order valence-electron chi connectivity index (χ0n) is 11.8. The Balaban J connectivity index is 2.47. The summed E-state index contributed by atoms with van der Waals surface area (Å²) >= 11 is 0. The molecule has 7 heteroatoms. The topological polar surface area (TPSA) is 100 Å². The standard InChI is InChI=1S/C12H24N4O3/c1-9(8-16-4-6-19-7-5-16)14-11(17)12(2,3)10(13)15-18/h9,18H,4-8H2,1-3H3,(H2,13,15)(H,14,17). The van der Waals surface area contributed by atoms with E-state index < -0.39 is 5.41 Å². The van der Waals surface area contributed by atoms with Gasteiger partial charge < -0.3 is 21.0 Å². The van der Waals surface area contributed by atoms with Crippen molar-refractivity contribution in [3.05, 3.63) is 0 Å². The van der Waals surface area contributed by atoms with E-state index in [0.29, 0.717) is 0 Å². The molecule has 1 saturated heterocycles. The number of carbonyl (C=O) groups excluding carboxylic acids is 1. The molecule has 1 aliphatic heterocycles. The van der Waals surface area contributed by atoms with E-state index in [1.807, 2.05) is 6.92 Å². The summed E-state index contributed by atoms with van der Waals surface area (Å²) in [6.45, 7) is 9.18. The quantitative estimate of drug-likeness (QED) is 0.273. The zero-order chi connectivity index (χ0) is 14.5. The maximum atomic E-state index is 12.1. The Morgan fingerprint density at radius 2 is 2.11 bits per heavy atom.